The maximum atomic E-state index is 15.8. The topological polar surface area (TPSA) is 121 Å². The Balaban J connectivity index is 1.29. The molecule has 6 rings (SSSR count). The largest absolute Gasteiger partial charge is 0.478 e. The average molecular weight is 618 g/mol. The number of ether oxygens (including phenoxy) is 3. The van der Waals surface area contributed by atoms with E-state index in [2.05, 4.69) is 29.0 Å². The monoisotopic (exact) mass is 617 g/mol. The van der Waals surface area contributed by atoms with Crippen LogP contribution in [0.15, 0.2) is 48.5 Å². The van der Waals surface area contributed by atoms with Crippen LogP contribution in [0.1, 0.15) is 59.1 Å². The van der Waals surface area contributed by atoms with E-state index in [1.165, 1.54) is 17.4 Å². The van der Waals surface area contributed by atoms with Crippen molar-refractivity contribution in [3.05, 3.63) is 81.9 Å². The Labute approximate surface area is 257 Å². The van der Waals surface area contributed by atoms with E-state index >= 15 is 4.39 Å². The predicted octanol–water partition coefficient (Wildman–Crippen LogP) is 6.26. The van der Waals surface area contributed by atoms with Crippen molar-refractivity contribution in [3.63, 3.8) is 0 Å². The van der Waals surface area contributed by atoms with Gasteiger partial charge >= 0.3 is 5.97 Å². The molecule has 1 aliphatic heterocycles. The van der Waals surface area contributed by atoms with Crippen molar-refractivity contribution >= 4 is 28.3 Å². The van der Waals surface area contributed by atoms with Crippen LogP contribution < -0.4 is 9.47 Å². The van der Waals surface area contributed by atoms with Crippen LogP contribution >= 0.6 is 11.3 Å². The Hall–Kier alpha value is -4.42. The number of imidazole rings is 1. The fourth-order valence-corrected chi connectivity index (χ4v) is 6.17. The predicted molar refractivity (Wildman–Crippen MR) is 163 cm³/mol. The summed E-state index contributed by atoms with van der Waals surface area (Å²) in [7, 11) is 0. The second-order valence-corrected chi connectivity index (χ2v) is 12.4. The summed E-state index contributed by atoms with van der Waals surface area (Å²) in [5.41, 5.74) is 3.85. The fraction of sp³-hybridized carbons (Fsp3) is 0.344. The van der Waals surface area contributed by atoms with Crippen LogP contribution in [0.2, 0.25) is 0 Å². The molecule has 44 heavy (non-hydrogen) atoms. The third kappa shape index (κ3) is 5.87. The van der Waals surface area contributed by atoms with Crippen LogP contribution in [-0.4, -0.2) is 55.6 Å². The van der Waals surface area contributed by atoms with Crippen LogP contribution in [0.3, 0.4) is 0 Å². The number of rotatable bonds is 10. The van der Waals surface area contributed by atoms with E-state index in [0.717, 1.165) is 5.56 Å². The van der Waals surface area contributed by atoms with Gasteiger partial charge in [-0.2, -0.15) is 0 Å². The first kappa shape index (κ1) is 29.6. The highest BCUT2D eigenvalue weighted by atomic mass is 32.1. The molecule has 0 spiro atoms. The number of aryl methyl sites for hydroxylation is 1. The number of benzene rings is 2. The van der Waals surface area contributed by atoms with Gasteiger partial charge in [0.15, 0.2) is 5.01 Å². The number of aromatic nitrogens is 5. The zero-order valence-corrected chi connectivity index (χ0v) is 25.7. The van der Waals surface area contributed by atoms with Crippen molar-refractivity contribution in [1.29, 1.82) is 0 Å². The molecule has 1 atom stereocenters. The van der Waals surface area contributed by atoms with Crippen molar-refractivity contribution in [2.45, 2.75) is 46.8 Å². The van der Waals surface area contributed by atoms with E-state index in [-0.39, 0.29) is 35.9 Å². The molecule has 12 heteroatoms. The van der Waals surface area contributed by atoms with Crippen LogP contribution in [0.4, 0.5) is 4.39 Å². The van der Waals surface area contributed by atoms with Crippen molar-refractivity contribution in [2.75, 3.05) is 19.8 Å². The summed E-state index contributed by atoms with van der Waals surface area (Å²) >= 11 is 1.31. The zero-order valence-electron chi connectivity index (χ0n) is 24.8. The first-order chi connectivity index (χ1) is 21.1. The lowest BCUT2D eigenvalue weighted by Gasteiger charge is -2.28. The van der Waals surface area contributed by atoms with Crippen molar-refractivity contribution in [1.82, 2.24) is 24.7 Å². The molecule has 5 aromatic rings. The van der Waals surface area contributed by atoms with Crippen LogP contribution in [0.25, 0.3) is 22.3 Å². The maximum absolute atomic E-state index is 15.8. The van der Waals surface area contributed by atoms with Gasteiger partial charge in [0, 0.05) is 23.5 Å². The summed E-state index contributed by atoms with van der Waals surface area (Å²) < 4.78 is 34.9. The Kier molecular flexibility index (Phi) is 8.04. The lowest BCUT2D eigenvalue weighted by molar-refractivity contribution is 0.0697. The lowest BCUT2D eigenvalue weighted by Crippen LogP contribution is -2.27. The number of carboxylic acids is 1. The van der Waals surface area contributed by atoms with Crippen LogP contribution in [-0.2, 0) is 17.8 Å². The van der Waals surface area contributed by atoms with Gasteiger partial charge in [-0.3, -0.25) is 0 Å². The van der Waals surface area contributed by atoms with E-state index in [1.807, 2.05) is 36.6 Å². The Morgan fingerprint density at radius 1 is 1.16 bits per heavy atom. The van der Waals surface area contributed by atoms with Gasteiger partial charge in [0.05, 0.1) is 48.2 Å². The van der Waals surface area contributed by atoms with Gasteiger partial charge in [-0.1, -0.05) is 42.4 Å². The second-order valence-electron chi connectivity index (χ2n) is 11.4. The third-order valence-corrected chi connectivity index (χ3v) is 8.58. The molecule has 0 saturated carbocycles. The summed E-state index contributed by atoms with van der Waals surface area (Å²) in [6, 6.07) is 13.5. The third-order valence-electron chi connectivity index (χ3n) is 7.77. The first-order valence-electron chi connectivity index (χ1n) is 14.3. The molecule has 0 bridgehead atoms. The molecule has 228 valence electrons. The molecule has 0 radical (unpaired) electrons. The summed E-state index contributed by atoms with van der Waals surface area (Å²) in [5.74, 6) is -0.368. The molecular weight excluding hydrogens is 585 g/mol. The Bertz CT molecular complexity index is 1850. The standard InChI is InChI=1S/C32H32FN5O5S/c1-5-42-31-37-36-29(44-31)16-43-28-8-6-7-23(35-28)21-14-22(33)20(11-18(21)2)13-27-34-24-10-9-19(30(39)40)12-25(24)38(27)26-15-41-17-32(26,3)4/h6-12,14,26H,5,13,15-17H2,1-4H3,(H,39,40). The number of halogens is 1. The lowest BCUT2D eigenvalue weighted by atomic mass is 9.87. The minimum atomic E-state index is -1.01. The molecular formula is C32H32FN5O5S. The number of nitrogens with zero attached hydrogens (tertiary/aromatic N) is 5. The molecule has 3 aromatic heterocycles. The molecule has 1 N–H and O–H groups in total. The van der Waals surface area contributed by atoms with Crippen molar-refractivity contribution in [2.24, 2.45) is 5.41 Å². The number of hydrogen-bond acceptors (Lipinski definition) is 9. The molecule has 1 unspecified atom stereocenters. The summed E-state index contributed by atoms with van der Waals surface area (Å²) in [6.07, 6.45) is 0.221. The fourth-order valence-electron chi connectivity index (χ4n) is 5.51. The SMILES string of the molecule is CCOc1nnc(COc2cccc(-c3cc(F)c(Cc4nc5ccc(C(=O)O)cc5n4C4COCC4(C)C)cc3C)n2)s1. The summed E-state index contributed by atoms with van der Waals surface area (Å²) in [6.45, 7) is 9.73. The van der Waals surface area contributed by atoms with Gasteiger partial charge in [-0.25, -0.2) is 19.2 Å². The van der Waals surface area contributed by atoms with Crippen molar-refractivity contribution < 1.29 is 28.5 Å². The zero-order chi connectivity index (χ0) is 31.0. The van der Waals surface area contributed by atoms with Gasteiger partial charge in [0.2, 0.25) is 5.88 Å². The van der Waals surface area contributed by atoms with E-state index in [4.69, 9.17) is 19.2 Å². The Morgan fingerprint density at radius 2 is 2.00 bits per heavy atom. The molecule has 1 aliphatic rings. The summed E-state index contributed by atoms with van der Waals surface area (Å²) in [5, 5.41) is 18.8. The molecule has 1 saturated heterocycles. The average Bonchev–Trinajstić information content (AvgIpc) is 3.69. The number of hydrogen-bond donors (Lipinski definition) is 1. The maximum Gasteiger partial charge on any atom is 0.335 e. The Morgan fingerprint density at radius 3 is 2.75 bits per heavy atom. The van der Waals surface area contributed by atoms with Crippen LogP contribution in [0, 0.1) is 18.2 Å². The van der Waals surface area contributed by atoms with Gasteiger partial charge in [-0.05, 0) is 55.3 Å². The highest BCUT2D eigenvalue weighted by molar-refractivity contribution is 7.13. The smallest absolute Gasteiger partial charge is 0.335 e. The molecule has 0 aliphatic carbocycles. The highest BCUT2D eigenvalue weighted by Crippen LogP contribution is 2.40. The normalized spacial score (nSPS) is 16.0. The highest BCUT2D eigenvalue weighted by Gasteiger charge is 2.39. The quantitative estimate of drug-likeness (QED) is 0.193. The number of aromatic carboxylic acids is 1. The van der Waals surface area contributed by atoms with Crippen molar-refractivity contribution in [3.8, 4) is 22.3 Å². The van der Waals surface area contributed by atoms with E-state index in [1.54, 1.807) is 24.3 Å². The first-order valence-corrected chi connectivity index (χ1v) is 15.1. The van der Waals surface area contributed by atoms with E-state index in [0.29, 0.717) is 69.6 Å². The van der Waals surface area contributed by atoms with Crippen LogP contribution in [0.5, 0.6) is 11.1 Å². The minimum absolute atomic E-state index is 0.0900. The van der Waals surface area contributed by atoms with Gasteiger partial charge in [-0.15, -0.1) is 5.10 Å². The molecule has 0 amide bonds. The number of pyridine rings is 1. The van der Waals surface area contributed by atoms with Gasteiger partial charge in [0.1, 0.15) is 18.2 Å². The van der Waals surface area contributed by atoms with Gasteiger partial charge < -0.3 is 23.9 Å². The number of carbonyl (C=O) groups is 1. The summed E-state index contributed by atoms with van der Waals surface area (Å²) in [4.78, 5) is 21.2. The van der Waals surface area contributed by atoms with Gasteiger partial charge in [0.25, 0.3) is 5.19 Å². The molecule has 1 fully saturated rings. The number of carboxylic acid groups (broad SMARTS) is 1. The second kappa shape index (κ2) is 11.9. The molecule has 4 heterocycles. The number of fused-ring (bicyclic) bond motifs is 1. The van der Waals surface area contributed by atoms with E-state index in [9.17, 15) is 9.90 Å². The molecule has 10 nitrogen and oxygen atoms in total. The minimum Gasteiger partial charge on any atom is -0.478 e. The van der Waals surface area contributed by atoms with E-state index < -0.39 is 5.97 Å². The molecule has 2 aromatic carbocycles.